The number of thioether (sulfide) groups is 1. The van der Waals surface area contributed by atoms with Crippen molar-refractivity contribution in [2.45, 2.75) is 29.5 Å². The molecule has 1 aliphatic heterocycles. The van der Waals surface area contributed by atoms with Crippen LogP contribution >= 0.6 is 24.2 Å². The summed E-state index contributed by atoms with van der Waals surface area (Å²) in [6.07, 6.45) is 2.02. The molecule has 0 aliphatic carbocycles. The fraction of sp³-hybridized carbons (Fsp3) is 0.462. The highest BCUT2D eigenvalue weighted by atomic mass is 35.5. The molecule has 20 heavy (non-hydrogen) atoms. The van der Waals surface area contributed by atoms with E-state index in [2.05, 4.69) is 10.6 Å². The second-order valence-corrected chi connectivity index (χ2v) is 5.48. The summed E-state index contributed by atoms with van der Waals surface area (Å²) in [6, 6.07) is 6.40. The Balaban J connectivity index is 0.00000200. The molecule has 1 atom stereocenters. The van der Waals surface area contributed by atoms with Crippen LogP contribution in [-0.4, -0.2) is 30.8 Å². The maximum absolute atomic E-state index is 12.2. The Hall–Kier alpha value is -0.850. The van der Waals surface area contributed by atoms with E-state index in [9.17, 15) is 13.6 Å². The molecule has 0 unspecified atom stereocenters. The quantitative estimate of drug-likeness (QED) is 0.838. The number of piperidine rings is 1. The van der Waals surface area contributed by atoms with Crippen LogP contribution in [0.1, 0.15) is 23.2 Å². The highest BCUT2D eigenvalue weighted by Gasteiger charge is 2.16. The van der Waals surface area contributed by atoms with Gasteiger partial charge in [-0.15, -0.1) is 12.4 Å². The van der Waals surface area contributed by atoms with Gasteiger partial charge in [-0.05, 0) is 43.7 Å². The van der Waals surface area contributed by atoms with Gasteiger partial charge in [0.15, 0.2) is 0 Å². The first-order valence-electron chi connectivity index (χ1n) is 6.21. The van der Waals surface area contributed by atoms with Crippen molar-refractivity contribution in [2.24, 2.45) is 0 Å². The Bertz CT molecular complexity index is 425. The number of halogens is 3. The molecular weight excluding hydrogens is 306 g/mol. The number of hydrogen-bond acceptors (Lipinski definition) is 3. The smallest absolute Gasteiger partial charge is 0.288 e. The summed E-state index contributed by atoms with van der Waals surface area (Å²) in [5.74, 6) is -2.59. The maximum Gasteiger partial charge on any atom is 0.288 e. The molecule has 3 nitrogen and oxygen atoms in total. The maximum atomic E-state index is 12.2. The van der Waals surface area contributed by atoms with Crippen LogP contribution < -0.4 is 10.6 Å². The Kier molecular flexibility index (Phi) is 7.26. The van der Waals surface area contributed by atoms with Gasteiger partial charge in [0.25, 0.3) is 11.7 Å². The van der Waals surface area contributed by atoms with Crippen molar-refractivity contribution >= 4 is 30.1 Å². The van der Waals surface area contributed by atoms with Crippen molar-refractivity contribution in [2.75, 3.05) is 13.1 Å². The minimum atomic E-state index is -2.44. The monoisotopic (exact) mass is 322 g/mol. The Morgan fingerprint density at radius 3 is 2.60 bits per heavy atom. The molecule has 7 heteroatoms. The first-order valence-corrected chi connectivity index (χ1v) is 7.09. The minimum Gasteiger partial charge on any atom is -0.348 e. The van der Waals surface area contributed by atoms with E-state index in [1.54, 1.807) is 24.3 Å². The molecule has 0 saturated carbocycles. The zero-order chi connectivity index (χ0) is 13.7. The van der Waals surface area contributed by atoms with E-state index < -0.39 is 5.76 Å². The fourth-order valence-electron chi connectivity index (χ4n) is 2.03. The molecule has 112 valence electrons. The Morgan fingerprint density at radius 2 is 2.05 bits per heavy atom. The number of hydrogen-bond donors (Lipinski definition) is 2. The third-order valence-electron chi connectivity index (χ3n) is 2.97. The molecule has 2 N–H and O–H groups in total. The molecular formula is C13H17ClF2N2OS. The minimum absolute atomic E-state index is 0. The van der Waals surface area contributed by atoms with E-state index in [4.69, 9.17) is 0 Å². The number of carbonyl (C=O) groups excluding carboxylic acids is 1. The topological polar surface area (TPSA) is 41.1 Å². The predicted molar refractivity (Wildman–Crippen MR) is 78.9 cm³/mol. The Labute approximate surface area is 127 Å². The second-order valence-electron chi connectivity index (χ2n) is 4.42. The number of carbonyl (C=O) groups is 1. The van der Waals surface area contributed by atoms with Crippen LogP contribution in [-0.2, 0) is 0 Å². The highest BCUT2D eigenvalue weighted by Crippen LogP contribution is 2.25. The van der Waals surface area contributed by atoms with Gasteiger partial charge in [0.2, 0.25) is 0 Å². The number of benzene rings is 1. The molecule has 0 aromatic heterocycles. The normalized spacial score (nSPS) is 18.4. The van der Waals surface area contributed by atoms with E-state index in [-0.39, 0.29) is 24.4 Å². The summed E-state index contributed by atoms with van der Waals surface area (Å²) >= 11 is 0.479. The zero-order valence-corrected chi connectivity index (χ0v) is 12.4. The summed E-state index contributed by atoms with van der Waals surface area (Å²) in [5, 5.41) is 6.16. The average Bonchev–Trinajstić information content (AvgIpc) is 2.40. The highest BCUT2D eigenvalue weighted by molar-refractivity contribution is 7.99. The van der Waals surface area contributed by atoms with Crippen molar-refractivity contribution in [1.82, 2.24) is 10.6 Å². The van der Waals surface area contributed by atoms with Crippen LogP contribution in [0, 0.1) is 0 Å². The lowest BCUT2D eigenvalue weighted by Crippen LogP contribution is -2.45. The SMILES string of the molecule is Cl.O=C(N[C@H]1CCCNC1)c1ccc(SC(F)F)cc1. The van der Waals surface area contributed by atoms with Gasteiger partial charge in [-0.3, -0.25) is 4.79 Å². The van der Waals surface area contributed by atoms with E-state index >= 15 is 0 Å². The molecule has 1 saturated heterocycles. The van der Waals surface area contributed by atoms with Crippen molar-refractivity contribution in [3.05, 3.63) is 29.8 Å². The van der Waals surface area contributed by atoms with Crippen molar-refractivity contribution in [3.63, 3.8) is 0 Å². The largest absolute Gasteiger partial charge is 0.348 e. The molecule has 0 radical (unpaired) electrons. The number of rotatable bonds is 4. The van der Waals surface area contributed by atoms with Crippen molar-refractivity contribution in [3.8, 4) is 0 Å². The molecule has 0 bridgehead atoms. The van der Waals surface area contributed by atoms with Gasteiger partial charge in [0, 0.05) is 23.0 Å². The van der Waals surface area contributed by atoms with Gasteiger partial charge < -0.3 is 10.6 Å². The Morgan fingerprint density at radius 1 is 1.35 bits per heavy atom. The molecule has 1 fully saturated rings. The van der Waals surface area contributed by atoms with Crippen LogP contribution in [0.2, 0.25) is 0 Å². The first-order chi connectivity index (χ1) is 9.15. The summed E-state index contributed by atoms with van der Waals surface area (Å²) in [5.41, 5.74) is 0.504. The van der Waals surface area contributed by atoms with E-state index in [0.717, 1.165) is 25.9 Å². The van der Waals surface area contributed by atoms with Gasteiger partial charge in [0.05, 0.1) is 0 Å². The number of amides is 1. The van der Waals surface area contributed by atoms with Crippen molar-refractivity contribution in [1.29, 1.82) is 0 Å². The molecule has 1 aromatic rings. The van der Waals surface area contributed by atoms with Gasteiger partial charge in [-0.2, -0.15) is 8.78 Å². The van der Waals surface area contributed by atoms with Crippen LogP contribution in [0.3, 0.4) is 0 Å². The lowest BCUT2D eigenvalue weighted by Gasteiger charge is -2.23. The molecule has 0 spiro atoms. The lowest BCUT2D eigenvalue weighted by atomic mass is 10.1. The van der Waals surface area contributed by atoms with E-state index in [1.807, 2.05) is 0 Å². The lowest BCUT2D eigenvalue weighted by molar-refractivity contribution is 0.0930. The first kappa shape index (κ1) is 17.2. The summed E-state index contributed by atoms with van der Waals surface area (Å²) in [7, 11) is 0. The van der Waals surface area contributed by atoms with Crippen LogP contribution in [0.25, 0.3) is 0 Å². The van der Waals surface area contributed by atoms with E-state index in [0.29, 0.717) is 22.2 Å². The summed E-state index contributed by atoms with van der Waals surface area (Å²) in [6.45, 7) is 1.77. The van der Waals surface area contributed by atoms with Gasteiger partial charge >= 0.3 is 0 Å². The summed E-state index contributed by atoms with van der Waals surface area (Å²) in [4.78, 5) is 12.4. The number of nitrogens with one attached hydrogen (secondary N) is 2. The third kappa shape index (κ3) is 5.26. The second kappa shape index (κ2) is 8.44. The molecule has 1 heterocycles. The number of alkyl halides is 2. The fourth-order valence-corrected chi connectivity index (χ4v) is 2.53. The van der Waals surface area contributed by atoms with Gasteiger partial charge in [-0.1, -0.05) is 11.8 Å². The molecule has 1 aliphatic rings. The van der Waals surface area contributed by atoms with Crippen LogP contribution in [0.15, 0.2) is 29.2 Å². The van der Waals surface area contributed by atoms with Gasteiger partial charge in [0.1, 0.15) is 0 Å². The van der Waals surface area contributed by atoms with Crippen molar-refractivity contribution < 1.29 is 13.6 Å². The predicted octanol–water partition coefficient (Wildman–Crippen LogP) is 2.90. The third-order valence-corrected chi connectivity index (χ3v) is 3.70. The zero-order valence-electron chi connectivity index (χ0n) is 10.8. The van der Waals surface area contributed by atoms with E-state index in [1.165, 1.54) is 0 Å². The van der Waals surface area contributed by atoms with Crippen LogP contribution in [0.4, 0.5) is 8.78 Å². The van der Waals surface area contributed by atoms with Crippen LogP contribution in [0.5, 0.6) is 0 Å². The van der Waals surface area contributed by atoms with Gasteiger partial charge in [-0.25, -0.2) is 0 Å². The molecule has 1 amide bonds. The molecule has 2 rings (SSSR count). The standard InChI is InChI=1S/C13H16F2N2OS.ClH/c14-13(15)19-11-5-3-9(4-6-11)12(18)17-10-2-1-7-16-8-10;/h3-6,10,13,16H,1-2,7-8H2,(H,17,18);1H/t10-;/m0./s1. The summed E-state index contributed by atoms with van der Waals surface area (Å²) < 4.78 is 24.3. The average molecular weight is 323 g/mol. The molecule has 1 aromatic carbocycles.